The third kappa shape index (κ3) is 2.25. The van der Waals surface area contributed by atoms with Gasteiger partial charge in [-0.2, -0.15) is 12.6 Å². The van der Waals surface area contributed by atoms with Crippen molar-refractivity contribution in [3.05, 3.63) is 0 Å². The van der Waals surface area contributed by atoms with Crippen LogP contribution in [0.25, 0.3) is 0 Å². The molecule has 0 amide bonds. The van der Waals surface area contributed by atoms with Gasteiger partial charge in [0.2, 0.25) is 0 Å². The summed E-state index contributed by atoms with van der Waals surface area (Å²) >= 11 is 4.18. The second kappa shape index (κ2) is 4.48. The molecule has 0 aromatic heterocycles. The Kier molecular flexibility index (Phi) is 4.81. The molecule has 1 N–H and O–H groups in total. The summed E-state index contributed by atoms with van der Waals surface area (Å²) in [5, 5.41) is 3.27. The maximum atomic E-state index is 4.18. The number of thiol groups is 1. The first kappa shape index (κ1) is 8.60. The van der Waals surface area contributed by atoms with Crippen LogP contribution in [0.1, 0.15) is 6.42 Å². The minimum atomic E-state index is 0. The summed E-state index contributed by atoms with van der Waals surface area (Å²) in [5.41, 5.74) is 0. The van der Waals surface area contributed by atoms with E-state index in [4.69, 9.17) is 0 Å². The fraction of sp³-hybridized carbons (Fsp3) is 1.00. The third-order valence-corrected chi connectivity index (χ3v) is 1.94. The summed E-state index contributed by atoms with van der Waals surface area (Å²) in [4.78, 5) is 0. The molecular weight excluding hydrogens is 142 g/mol. The zero-order valence-electron chi connectivity index (χ0n) is 4.76. The SMILES string of the molecule is Cl.SCC1CCNC1. The van der Waals surface area contributed by atoms with Crippen LogP contribution in [0.2, 0.25) is 0 Å². The molecule has 0 aliphatic carbocycles. The predicted octanol–water partition coefficient (Wildman–Crippen LogP) is 0.947. The van der Waals surface area contributed by atoms with Gasteiger partial charge in [-0.25, -0.2) is 0 Å². The van der Waals surface area contributed by atoms with E-state index in [1.165, 1.54) is 19.5 Å². The molecule has 8 heavy (non-hydrogen) atoms. The summed E-state index contributed by atoms with van der Waals surface area (Å²) in [6.45, 7) is 2.38. The molecule has 1 aliphatic rings. The first-order chi connectivity index (χ1) is 3.43. The van der Waals surface area contributed by atoms with Gasteiger partial charge >= 0.3 is 0 Å². The highest BCUT2D eigenvalue weighted by Crippen LogP contribution is 2.07. The molecule has 0 aromatic rings. The molecule has 0 radical (unpaired) electrons. The van der Waals surface area contributed by atoms with E-state index < -0.39 is 0 Å². The molecular formula is C5H12ClNS. The summed E-state index contributed by atoms with van der Waals surface area (Å²) in [7, 11) is 0. The number of halogens is 1. The molecule has 1 aliphatic heterocycles. The van der Waals surface area contributed by atoms with Crippen molar-refractivity contribution in [1.29, 1.82) is 0 Å². The van der Waals surface area contributed by atoms with Crippen molar-refractivity contribution < 1.29 is 0 Å². The highest BCUT2D eigenvalue weighted by Gasteiger charge is 2.10. The van der Waals surface area contributed by atoms with Crippen LogP contribution >= 0.6 is 25.0 Å². The number of hydrogen-bond acceptors (Lipinski definition) is 2. The van der Waals surface area contributed by atoms with Crippen LogP contribution in [0.4, 0.5) is 0 Å². The van der Waals surface area contributed by atoms with Gasteiger partial charge in [0.1, 0.15) is 0 Å². The van der Waals surface area contributed by atoms with Gasteiger partial charge in [0.05, 0.1) is 0 Å². The van der Waals surface area contributed by atoms with Gasteiger partial charge in [-0.15, -0.1) is 12.4 Å². The van der Waals surface area contributed by atoms with Crippen molar-refractivity contribution in [3.63, 3.8) is 0 Å². The summed E-state index contributed by atoms with van der Waals surface area (Å²) < 4.78 is 0. The average Bonchev–Trinajstić information content (AvgIpc) is 2.14. The quantitative estimate of drug-likeness (QED) is 0.535. The second-order valence-electron chi connectivity index (χ2n) is 2.04. The fourth-order valence-electron chi connectivity index (χ4n) is 0.870. The Bertz CT molecular complexity index is 54.4. The van der Waals surface area contributed by atoms with Gasteiger partial charge in [0.15, 0.2) is 0 Å². The molecule has 0 spiro atoms. The molecule has 1 unspecified atom stereocenters. The fourth-order valence-corrected chi connectivity index (χ4v) is 1.18. The third-order valence-electron chi connectivity index (χ3n) is 1.42. The van der Waals surface area contributed by atoms with E-state index in [0.29, 0.717) is 0 Å². The highest BCUT2D eigenvalue weighted by molar-refractivity contribution is 7.80. The molecule has 1 saturated heterocycles. The lowest BCUT2D eigenvalue weighted by atomic mass is 10.2. The van der Waals surface area contributed by atoms with Gasteiger partial charge in [-0.1, -0.05) is 0 Å². The van der Waals surface area contributed by atoms with E-state index in [1.54, 1.807) is 0 Å². The molecule has 1 rings (SSSR count). The number of nitrogens with one attached hydrogen (secondary N) is 1. The van der Waals surface area contributed by atoms with Gasteiger partial charge < -0.3 is 5.32 Å². The van der Waals surface area contributed by atoms with Gasteiger partial charge in [-0.3, -0.25) is 0 Å². The minimum Gasteiger partial charge on any atom is -0.316 e. The van der Waals surface area contributed by atoms with E-state index in [9.17, 15) is 0 Å². The topological polar surface area (TPSA) is 12.0 Å². The lowest BCUT2D eigenvalue weighted by Gasteiger charge is -1.98. The van der Waals surface area contributed by atoms with Crippen molar-refractivity contribution in [2.75, 3.05) is 18.8 Å². The molecule has 50 valence electrons. The van der Waals surface area contributed by atoms with Crippen molar-refractivity contribution >= 4 is 25.0 Å². The Labute approximate surface area is 62.1 Å². The normalized spacial score (nSPS) is 27.4. The zero-order chi connectivity index (χ0) is 5.11. The monoisotopic (exact) mass is 153 g/mol. The highest BCUT2D eigenvalue weighted by atomic mass is 35.5. The Hall–Kier alpha value is 0.600. The van der Waals surface area contributed by atoms with E-state index in [-0.39, 0.29) is 12.4 Å². The van der Waals surface area contributed by atoms with Crippen LogP contribution in [-0.2, 0) is 0 Å². The van der Waals surface area contributed by atoms with Crippen LogP contribution in [0.3, 0.4) is 0 Å². The Balaban J connectivity index is 0.000000490. The van der Waals surface area contributed by atoms with E-state index in [1.807, 2.05) is 0 Å². The van der Waals surface area contributed by atoms with Crippen LogP contribution < -0.4 is 5.32 Å². The molecule has 0 aromatic carbocycles. The molecule has 1 heterocycles. The number of hydrogen-bond donors (Lipinski definition) is 2. The second-order valence-corrected chi connectivity index (χ2v) is 2.41. The van der Waals surface area contributed by atoms with E-state index in [2.05, 4.69) is 17.9 Å². The standard InChI is InChI=1S/C5H11NS.ClH/c7-4-5-1-2-6-3-5;/h5-7H,1-4H2;1H. The predicted molar refractivity (Wildman–Crippen MR) is 42.1 cm³/mol. The van der Waals surface area contributed by atoms with Crippen LogP contribution in [0.15, 0.2) is 0 Å². The van der Waals surface area contributed by atoms with Crippen molar-refractivity contribution in [1.82, 2.24) is 5.32 Å². The molecule has 1 nitrogen and oxygen atoms in total. The Morgan fingerprint density at radius 1 is 1.62 bits per heavy atom. The largest absolute Gasteiger partial charge is 0.316 e. The van der Waals surface area contributed by atoms with Crippen molar-refractivity contribution in [2.45, 2.75) is 6.42 Å². The maximum Gasteiger partial charge on any atom is -0.00122 e. The zero-order valence-corrected chi connectivity index (χ0v) is 6.47. The van der Waals surface area contributed by atoms with Crippen LogP contribution in [0, 0.1) is 5.92 Å². The van der Waals surface area contributed by atoms with Crippen molar-refractivity contribution in [2.24, 2.45) is 5.92 Å². The maximum absolute atomic E-state index is 4.18. The van der Waals surface area contributed by atoms with Gasteiger partial charge in [-0.05, 0) is 31.2 Å². The smallest absolute Gasteiger partial charge is 0.00122 e. The molecule has 1 atom stereocenters. The molecule has 0 bridgehead atoms. The molecule has 1 fully saturated rings. The van der Waals surface area contributed by atoms with E-state index >= 15 is 0 Å². The van der Waals surface area contributed by atoms with Crippen molar-refractivity contribution in [3.8, 4) is 0 Å². The van der Waals surface area contributed by atoms with Gasteiger partial charge in [0.25, 0.3) is 0 Å². The van der Waals surface area contributed by atoms with E-state index in [0.717, 1.165) is 11.7 Å². The molecule has 3 heteroatoms. The minimum absolute atomic E-state index is 0. The summed E-state index contributed by atoms with van der Waals surface area (Å²) in [5.74, 6) is 1.90. The lowest BCUT2D eigenvalue weighted by molar-refractivity contribution is 0.664. The van der Waals surface area contributed by atoms with Crippen LogP contribution in [-0.4, -0.2) is 18.8 Å². The Morgan fingerprint density at radius 3 is 2.62 bits per heavy atom. The first-order valence-corrected chi connectivity index (χ1v) is 3.38. The summed E-state index contributed by atoms with van der Waals surface area (Å²) in [6.07, 6.45) is 1.32. The lowest BCUT2D eigenvalue weighted by Crippen LogP contribution is -2.09. The van der Waals surface area contributed by atoms with Crippen LogP contribution in [0.5, 0.6) is 0 Å². The summed E-state index contributed by atoms with van der Waals surface area (Å²) in [6, 6.07) is 0. The average molecular weight is 154 g/mol. The van der Waals surface area contributed by atoms with Gasteiger partial charge in [0, 0.05) is 0 Å². The number of rotatable bonds is 1. The Morgan fingerprint density at radius 2 is 2.38 bits per heavy atom. The first-order valence-electron chi connectivity index (χ1n) is 2.75. The molecule has 0 saturated carbocycles.